The standard InChI is InChI=1S/C24H32P2.Rh/c1-23(2,3)25-15-17-11-7-9-13-19(17)21(25)22-20-14-10-8-12-18(20)16-26(22)24(4,5)6;/h7-14,21-22H,15-16H2,1-6H3;/q;+3. The van der Waals surface area contributed by atoms with Gasteiger partial charge in [-0.05, 0) is 44.9 Å². The molecule has 0 saturated carbocycles. The van der Waals surface area contributed by atoms with Crippen molar-refractivity contribution in [3.63, 3.8) is 0 Å². The predicted octanol–water partition coefficient (Wildman–Crippen LogP) is 8.05. The maximum Gasteiger partial charge on any atom is 3.00 e. The Bertz CT molecular complexity index is 746. The summed E-state index contributed by atoms with van der Waals surface area (Å²) in [5.41, 5.74) is 8.07. The van der Waals surface area contributed by atoms with Crippen LogP contribution in [0.3, 0.4) is 0 Å². The van der Waals surface area contributed by atoms with E-state index in [1.54, 1.807) is 22.3 Å². The van der Waals surface area contributed by atoms with E-state index in [1.807, 2.05) is 0 Å². The van der Waals surface area contributed by atoms with Gasteiger partial charge in [0.05, 0.1) is 0 Å². The van der Waals surface area contributed by atoms with E-state index in [9.17, 15) is 0 Å². The molecule has 0 nitrogen and oxygen atoms in total. The van der Waals surface area contributed by atoms with Crippen molar-refractivity contribution in [3.05, 3.63) is 70.8 Å². The van der Waals surface area contributed by atoms with Gasteiger partial charge in [0, 0.05) is 11.3 Å². The molecule has 4 atom stereocenters. The molecule has 0 aliphatic carbocycles. The molecule has 0 fully saturated rings. The average molecular weight is 485 g/mol. The fourth-order valence-electron chi connectivity index (χ4n) is 4.82. The van der Waals surface area contributed by atoms with Crippen molar-refractivity contribution in [3.8, 4) is 0 Å². The van der Waals surface area contributed by atoms with Crippen LogP contribution in [-0.2, 0) is 31.8 Å². The van der Waals surface area contributed by atoms with Gasteiger partial charge in [-0.3, -0.25) is 0 Å². The average Bonchev–Trinajstić information content (AvgIpc) is 3.12. The van der Waals surface area contributed by atoms with Crippen molar-refractivity contribution in [1.82, 2.24) is 0 Å². The molecule has 0 bridgehead atoms. The summed E-state index contributed by atoms with van der Waals surface area (Å²) in [4.78, 5) is 0. The van der Waals surface area contributed by atoms with Crippen LogP contribution in [-0.4, -0.2) is 10.3 Å². The van der Waals surface area contributed by atoms with Gasteiger partial charge in [-0.1, -0.05) is 106 Å². The fourth-order valence-corrected chi connectivity index (χ4v) is 12.3. The molecule has 0 saturated heterocycles. The van der Waals surface area contributed by atoms with Crippen molar-refractivity contribution in [1.29, 1.82) is 0 Å². The van der Waals surface area contributed by atoms with Crippen LogP contribution >= 0.6 is 15.8 Å². The van der Waals surface area contributed by atoms with Crippen molar-refractivity contribution in [2.24, 2.45) is 0 Å². The van der Waals surface area contributed by atoms with Crippen molar-refractivity contribution in [2.45, 2.75) is 75.5 Å². The van der Waals surface area contributed by atoms with Crippen LogP contribution in [0.5, 0.6) is 0 Å². The zero-order valence-corrected chi connectivity index (χ0v) is 20.8. The third kappa shape index (κ3) is 3.87. The smallest absolute Gasteiger partial charge is 0.0880 e. The Morgan fingerprint density at radius 1 is 0.630 bits per heavy atom. The Morgan fingerprint density at radius 2 is 0.963 bits per heavy atom. The zero-order valence-electron chi connectivity index (χ0n) is 17.4. The maximum absolute atomic E-state index is 2.48. The van der Waals surface area contributed by atoms with Gasteiger partial charge in [0.25, 0.3) is 0 Å². The van der Waals surface area contributed by atoms with Gasteiger partial charge < -0.3 is 0 Å². The molecule has 0 aromatic heterocycles. The SMILES string of the molecule is CC(C)(C)P1Cc2ccccc2C1C1c2ccccc2CP1C(C)(C)C.[Rh+3]. The van der Waals surface area contributed by atoms with E-state index in [-0.39, 0.29) is 35.3 Å². The van der Waals surface area contributed by atoms with Crippen LogP contribution in [0, 0.1) is 0 Å². The first kappa shape index (κ1) is 21.6. The first-order chi connectivity index (χ1) is 12.2. The van der Waals surface area contributed by atoms with E-state index < -0.39 is 0 Å². The summed E-state index contributed by atoms with van der Waals surface area (Å²) in [6.07, 6.45) is 2.62. The summed E-state index contributed by atoms with van der Waals surface area (Å²) in [6, 6.07) is 18.7. The Labute approximate surface area is 181 Å². The minimum Gasteiger partial charge on any atom is -0.0880 e. The summed E-state index contributed by atoms with van der Waals surface area (Å²) in [6.45, 7) is 14.9. The second-order valence-corrected chi connectivity index (χ2v) is 16.2. The summed E-state index contributed by atoms with van der Waals surface area (Å²) in [5, 5.41) is 0.797. The van der Waals surface area contributed by atoms with Crippen LogP contribution < -0.4 is 0 Å². The normalized spacial score (nSPS) is 27.0. The number of benzene rings is 2. The van der Waals surface area contributed by atoms with Gasteiger partial charge >= 0.3 is 19.5 Å². The minimum atomic E-state index is -0.0695. The van der Waals surface area contributed by atoms with Gasteiger partial charge in [-0.2, -0.15) is 0 Å². The third-order valence-electron chi connectivity index (χ3n) is 6.12. The monoisotopic (exact) mass is 485 g/mol. The molecule has 0 radical (unpaired) electrons. The molecule has 3 heteroatoms. The molecule has 2 aliphatic rings. The van der Waals surface area contributed by atoms with Crippen molar-refractivity contribution >= 4 is 15.8 Å². The van der Waals surface area contributed by atoms with E-state index >= 15 is 0 Å². The molecular weight excluding hydrogens is 453 g/mol. The second-order valence-electron chi connectivity index (χ2n) is 9.88. The number of fused-ring (bicyclic) bond motifs is 2. The quantitative estimate of drug-likeness (QED) is 0.283. The summed E-state index contributed by atoms with van der Waals surface area (Å²) in [7, 11) is -0.139. The number of hydrogen-bond acceptors (Lipinski definition) is 0. The van der Waals surface area contributed by atoms with Crippen molar-refractivity contribution < 1.29 is 19.5 Å². The van der Waals surface area contributed by atoms with Gasteiger partial charge in [0.1, 0.15) is 0 Å². The molecule has 2 aromatic carbocycles. The maximum atomic E-state index is 2.48. The number of rotatable bonds is 1. The second kappa shape index (κ2) is 7.64. The Balaban J connectivity index is 0.00000210. The van der Waals surface area contributed by atoms with E-state index in [2.05, 4.69) is 90.1 Å². The summed E-state index contributed by atoms with van der Waals surface area (Å²) >= 11 is 0. The molecule has 27 heavy (non-hydrogen) atoms. The molecule has 2 heterocycles. The van der Waals surface area contributed by atoms with Gasteiger partial charge in [-0.15, -0.1) is 0 Å². The molecule has 0 N–H and O–H groups in total. The largest absolute Gasteiger partial charge is 3.00 e. The molecular formula is C24H32P2Rh+3. The van der Waals surface area contributed by atoms with Crippen LogP contribution in [0.4, 0.5) is 0 Å². The minimum absolute atomic E-state index is 0. The van der Waals surface area contributed by atoms with Crippen LogP contribution in [0.15, 0.2) is 48.5 Å². The summed E-state index contributed by atoms with van der Waals surface area (Å²) < 4.78 is 0. The molecule has 4 unspecified atom stereocenters. The van der Waals surface area contributed by atoms with Crippen molar-refractivity contribution in [2.75, 3.05) is 0 Å². The van der Waals surface area contributed by atoms with E-state index in [0.717, 1.165) is 11.3 Å². The predicted molar refractivity (Wildman–Crippen MR) is 119 cm³/mol. The molecule has 0 spiro atoms. The topological polar surface area (TPSA) is 0 Å². The fraction of sp³-hybridized carbons (Fsp3) is 0.500. The molecule has 144 valence electrons. The molecule has 4 rings (SSSR count). The summed E-state index contributed by atoms with van der Waals surface area (Å²) in [5.74, 6) is 0. The zero-order chi connectivity index (χ0) is 18.7. The Morgan fingerprint density at radius 3 is 1.30 bits per heavy atom. The van der Waals surface area contributed by atoms with Gasteiger partial charge in [-0.25, -0.2) is 0 Å². The molecule has 0 amide bonds. The van der Waals surface area contributed by atoms with Crippen LogP contribution in [0.2, 0.25) is 0 Å². The van der Waals surface area contributed by atoms with Crippen LogP contribution in [0.25, 0.3) is 0 Å². The third-order valence-corrected chi connectivity index (χ3v) is 13.7. The van der Waals surface area contributed by atoms with E-state index in [1.165, 1.54) is 12.3 Å². The van der Waals surface area contributed by atoms with E-state index in [0.29, 0.717) is 10.3 Å². The molecule has 2 aliphatic heterocycles. The Hall–Kier alpha value is -0.0766. The van der Waals surface area contributed by atoms with Crippen LogP contribution in [0.1, 0.15) is 75.1 Å². The number of hydrogen-bond donors (Lipinski definition) is 0. The first-order valence-electron chi connectivity index (χ1n) is 9.87. The van der Waals surface area contributed by atoms with Gasteiger partial charge in [0.2, 0.25) is 0 Å². The Kier molecular flexibility index (Phi) is 6.12. The van der Waals surface area contributed by atoms with E-state index in [4.69, 9.17) is 0 Å². The first-order valence-corrected chi connectivity index (χ1v) is 13.1. The van der Waals surface area contributed by atoms with Gasteiger partial charge in [0.15, 0.2) is 0 Å². The molecule has 2 aromatic rings.